The van der Waals surface area contributed by atoms with Crippen LogP contribution >= 0.6 is 11.3 Å². The Bertz CT molecular complexity index is 996. The summed E-state index contributed by atoms with van der Waals surface area (Å²) in [7, 11) is -3.50. The van der Waals surface area contributed by atoms with Crippen LogP contribution in [0.1, 0.15) is 17.5 Å². The number of thiazole rings is 1. The third-order valence-corrected chi connectivity index (χ3v) is 6.03. The van der Waals surface area contributed by atoms with E-state index in [4.69, 9.17) is 4.74 Å². The maximum absolute atomic E-state index is 12.3. The number of nitrogens with one attached hydrogen (secondary N) is 1. The van der Waals surface area contributed by atoms with Crippen LogP contribution in [0.5, 0.6) is 5.75 Å². The zero-order valence-corrected chi connectivity index (χ0v) is 16.9. The molecule has 1 aromatic heterocycles. The topological polar surface area (TPSA) is 68.3 Å². The fourth-order valence-corrected chi connectivity index (χ4v) is 4.07. The van der Waals surface area contributed by atoms with Crippen LogP contribution in [-0.4, -0.2) is 25.8 Å². The Kier molecular flexibility index (Phi) is 6.13. The highest BCUT2D eigenvalue weighted by Crippen LogP contribution is 2.24. The smallest absolute Gasteiger partial charge is 0.236 e. The van der Waals surface area contributed by atoms with Crippen molar-refractivity contribution in [3.05, 3.63) is 64.5 Å². The van der Waals surface area contributed by atoms with Gasteiger partial charge in [0.25, 0.3) is 0 Å². The van der Waals surface area contributed by atoms with Gasteiger partial charge < -0.3 is 4.74 Å². The third-order valence-electron chi connectivity index (χ3n) is 4.00. The molecule has 0 aliphatic heterocycles. The molecule has 1 N–H and O–H groups in total. The highest BCUT2D eigenvalue weighted by atomic mass is 32.2. The Morgan fingerprint density at radius 3 is 2.59 bits per heavy atom. The van der Waals surface area contributed by atoms with Gasteiger partial charge in [0.1, 0.15) is 18.1 Å². The lowest BCUT2D eigenvalue weighted by atomic mass is 10.1. The molecule has 27 heavy (non-hydrogen) atoms. The second-order valence-corrected chi connectivity index (χ2v) is 9.00. The van der Waals surface area contributed by atoms with Crippen LogP contribution in [0.25, 0.3) is 11.3 Å². The SMILES string of the molecule is CCc1ccc(OCCS(=O)(=O)Nc2cccc(-c3csc(C)n3)c2)cc1. The Morgan fingerprint density at radius 1 is 1.15 bits per heavy atom. The van der Waals surface area contributed by atoms with E-state index in [9.17, 15) is 8.42 Å². The Hall–Kier alpha value is -2.38. The van der Waals surface area contributed by atoms with Gasteiger partial charge in [-0.25, -0.2) is 13.4 Å². The van der Waals surface area contributed by atoms with Crippen molar-refractivity contribution in [2.24, 2.45) is 0 Å². The molecule has 0 fully saturated rings. The van der Waals surface area contributed by atoms with Gasteiger partial charge in [-0.05, 0) is 43.2 Å². The molecule has 0 aliphatic carbocycles. The summed E-state index contributed by atoms with van der Waals surface area (Å²) in [6, 6.07) is 14.9. The molecule has 0 saturated heterocycles. The molecule has 2 aromatic carbocycles. The summed E-state index contributed by atoms with van der Waals surface area (Å²) in [5.41, 5.74) is 3.46. The lowest BCUT2D eigenvalue weighted by Gasteiger charge is -2.10. The highest BCUT2D eigenvalue weighted by Gasteiger charge is 2.12. The standard InChI is InChI=1S/C20H22N2O3S2/c1-3-16-7-9-19(10-8-16)25-11-12-27(23,24)22-18-6-4-5-17(13-18)20-14-26-15(2)21-20/h4-10,13-14,22H,3,11-12H2,1-2H3. The number of hydrogen-bond donors (Lipinski definition) is 1. The summed E-state index contributed by atoms with van der Waals surface area (Å²) in [6.45, 7) is 4.11. The fraction of sp³-hybridized carbons (Fsp3) is 0.250. The van der Waals surface area contributed by atoms with Crippen molar-refractivity contribution in [1.82, 2.24) is 4.98 Å². The molecular weight excluding hydrogens is 380 g/mol. The number of aromatic nitrogens is 1. The van der Waals surface area contributed by atoms with Gasteiger partial charge in [-0.1, -0.05) is 31.2 Å². The molecule has 5 nitrogen and oxygen atoms in total. The molecule has 142 valence electrons. The van der Waals surface area contributed by atoms with Crippen LogP contribution < -0.4 is 9.46 Å². The van der Waals surface area contributed by atoms with Crippen LogP contribution in [0.4, 0.5) is 5.69 Å². The third kappa shape index (κ3) is 5.55. The summed E-state index contributed by atoms with van der Waals surface area (Å²) < 4.78 is 32.8. The highest BCUT2D eigenvalue weighted by molar-refractivity contribution is 7.92. The van der Waals surface area contributed by atoms with E-state index in [1.165, 1.54) is 5.56 Å². The van der Waals surface area contributed by atoms with Crippen molar-refractivity contribution in [2.45, 2.75) is 20.3 Å². The number of nitrogens with zero attached hydrogens (tertiary/aromatic N) is 1. The van der Waals surface area contributed by atoms with E-state index in [-0.39, 0.29) is 12.4 Å². The van der Waals surface area contributed by atoms with Crippen molar-refractivity contribution in [3.63, 3.8) is 0 Å². The minimum atomic E-state index is -3.50. The maximum Gasteiger partial charge on any atom is 0.236 e. The Morgan fingerprint density at radius 2 is 1.93 bits per heavy atom. The number of sulfonamides is 1. The Labute approximate surface area is 164 Å². The number of benzene rings is 2. The first-order valence-electron chi connectivity index (χ1n) is 8.70. The van der Waals surface area contributed by atoms with Crippen molar-refractivity contribution in [3.8, 4) is 17.0 Å². The number of hydrogen-bond acceptors (Lipinski definition) is 5. The molecule has 0 radical (unpaired) electrons. The quantitative estimate of drug-likeness (QED) is 0.602. The van der Waals surface area contributed by atoms with Gasteiger partial charge in [-0.2, -0.15) is 0 Å². The zero-order valence-electron chi connectivity index (χ0n) is 15.3. The number of rotatable bonds is 8. The van der Waals surface area contributed by atoms with E-state index >= 15 is 0 Å². The van der Waals surface area contributed by atoms with Gasteiger partial charge in [0.05, 0.1) is 10.7 Å². The molecule has 1 heterocycles. The van der Waals surface area contributed by atoms with E-state index in [1.807, 2.05) is 48.7 Å². The lowest BCUT2D eigenvalue weighted by molar-refractivity contribution is 0.341. The molecule has 0 amide bonds. The average molecular weight is 403 g/mol. The minimum Gasteiger partial charge on any atom is -0.492 e. The molecule has 0 spiro atoms. The number of aryl methyl sites for hydroxylation is 2. The first-order valence-corrected chi connectivity index (χ1v) is 11.2. The predicted molar refractivity (Wildman–Crippen MR) is 111 cm³/mol. The van der Waals surface area contributed by atoms with Gasteiger partial charge in [0.15, 0.2) is 0 Å². The summed E-state index contributed by atoms with van der Waals surface area (Å²) in [5, 5.41) is 2.93. The van der Waals surface area contributed by atoms with E-state index in [0.717, 1.165) is 22.7 Å². The molecule has 3 aromatic rings. The first-order chi connectivity index (χ1) is 12.9. The minimum absolute atomic E-state index is 0.0891. The number of anilines is 1. The molecule has 0 saturated carbocycles. The fourth-order valence-electron chi connectivity index (χ4n) is 2.56. The first kappa shape index (κ1) is 19.4. The second kappa shape index (κ2) is 8.54. The maximum atomic E-state index is 12.3. The van der Waals surface area contributed by atoms with E-state index in [1.54, 1.807) is 23.5 Å². The van der Waals surface area contributed by atoms with Crippen LogP contribution in [-0.2, 0) is 16.4 Å². The van der Waals surface area contributed by atoms with Crippen molar-refractivity contribution in [1.29, 1.82) is 0 Å². The van der Waals surface area contributed by atoms with Crippen LogP contribution in [0, 0.1) is 6.92 Å². The predicted octanol–water partition coefficient (Wildman–Crippen LogP) is 4.50. The molecule has 7 heteroatoms. The van der Waals surface area contributed by atoms with Crippen LogP contribution in [0.15, 0.2) is 53.9 Å². The van der Waals surface area contributed by atoms with Crippen LogP contribution in [0.2, 0.25) is 0 Å². The number of ether oxygens (including phenoxy) is 1. The van der Waals surface area contributed by atoms with Gasteiger partial charge in [0, 0.05) is 16.6 Å². The van der Waals surface area contributed by atoms with Crippen molar-refractivity contribution >= 4 is 27.0 Å². The molecule has 0 aliphatic rings. The van der Waals surface area contributed by atoms with E-state index < -0.39 is 10.0 Å². The molecule has 0 unspecified atom stereocenters. The van der Waals surface area contributed by atoms with Crippen molar-refractivity contribution < 1.29 is 13.2 Å². The van der Waals surface area contributed by atoms with Crippen molar-refractivity contribution in [2.75, 3.05) is 17.1 Å². The summed E-state index contributed by atoms with van der Waals surface area (Å²) in [6.07, 6.45) is 0.956. The molecule has 0 bridgehead atoms. The van der Waals surface area contributed by atoms with E-state index in [0.29, 0.717) is 11.4 Å². The summed E-state index contributed by atoms with van der Waals surface area (Å²) in [4.78, 5) is 4.44. The second-order valence-electron chi connectivity index (χ2n) is 6.10. The molecule has 0 atom stereocenters. The van der Waals surface area contributed by atoms with Crippen LogP contribution in [0.3, 0.4) is 0 Å². The zero-order chi connectivity index (χ0) is 19.3. The Balaban J connectivity index is 1.59. The van der Waals surface area contributed by atoms with Gasteiger partial charge >= 0.3 is 0 Å². The molecule has 3 rings (SSSR count). The van der Waals surface area contributed by atoms with E-state index in [2.05, 4.69) is 16.6 Å². The summed E-state index contributed by atoms with van der Waals surface area (Å²) in [5.74, 6) is 0.547. The monoisotopic (exact) mass is 402 g/mol. The lowest BCUT2D eigenvalue weighted by Crippen LogP contribution is -2.21. The molecular formula is C20H22N2O3S2. The normalized spacial score (nSPS) is 11.3. The van der Waals surface area contributed by atoms with Gasteiger partial charge in [-0.15, -0.1) is 11.3 Å². The average Bonchev–Trinajstić information content (AvgIpc) is 3.08. The largest absolute Gasteiger partial charge is 0.492 e. The summed E-state index contributed by atoms with van der Waals surface area (Å²) >= 11 is 1.56. The van der Waals surface area contributed by atoms with Gasteiger partial charge in [0.2, 0.25) is 10.0 Å². The van der Waals surface area contributed by atoms with Gasteiger partial charge in [-0.3, -0.25) is 4.72 Å².